The van der Waals surface area contributed by atoms with Crippen LogP contribution in [-0.4, -0.2) is 49.8 Å². The number of carbonyl (C=O) groups excluding carboxylic acids is 1. The summed E-state index contributed by atoms with van der Waals surface area (Å²) in [6.45, 7) is 6.24. The monoisotopic (exact) mass is 241 g/mol. The summed E-state index contributed by atoms with van der Waals surface area (Å²) >= 11 is 0. The van der Waals surface area contributed by atoms with Gasteiger partial charge in [-0.25, -0.2) is 0 Å². The molecule has 2 saturated heterocycles. The minimum absolute atomic E-state index is 0.0590. The first-order valence-electron chi connectivity index (χ1n) is 6.78. The smallest absolute Gasteiger partial charge is 0.307 e. The van der Waals surface area contributed by atoms with Crippen LogP contribution in [0.15, 0.2) is 0 Å². The minimum atomic E-state index is -0.0590. The normalized spacial score (nSPS) is 27.2. The van der Waals surface area contributed by atoms with Crippen molar-refractivity contribution in [1.29, 1.82) is 0 Å². The average molecular weight is 241 g/mol. The van der Waals surface area contributed by atoms with E-state index >= 15 is 0 Å². The molecule has 0 aromatic heterocycles. The van der Waals surface area contributed by atoms with Crippen molar-refractivity contribution in [3.63, 3.8) is 0 Å². The quantitative estimate of drug-likeness (QED) is 0.683. The molecule has 2 aliphatic heterocycles. The van der Waals surface area contributed by atoms with Gasteiger partial charge < -0.3 is 9.47 Å². The highest BCUT2D eigenvalue weighted by atomic mass is 16.5. The molecule has 0 amide bonds. The van der Waals surface area contributed by atoms with Gasteiger partial charge in [0.1, 0.15) is 0 Å². The number of hydrogen-bond acceptors (Lipinski definition) is 4. The zero-order valence-corrected chi connectivity index (χ0v) is 10.7. The van der Waals surface area contributed by atoms with Crippen LogP contribution in [-0.2, 0) is 14.3 Å². The van der Waals surface area contributed by atoms with Crippen molar-refractivity contribution < 1.29 is 14.3 Å². The molecule has 0 spiro atoms. The molecule has 0 radical (unpaired) electrons. The van der Waals surface area contributed by atoms with Crippen molar-refractivity contribution in [3.05, 3.63) is 0 Å². The third kappa shape index (κ3) is 3.42. The molecule has 2 aliphatic rings. The molecule has 0 N–H and O–H groups in total. The van der Waals surface area contributed by atoms with Crippen molar-refractivity contribution in [1.82, 2.24) is 4.90 Å². The van der Waals surface area contributed by atoms with E-state index in [0.29, 0.717) is 25.0 Å². The van der Waals surface area contributed by atoms with Crippen LogP contribution < -0.4 is 0 Å². The Kier molecular flexibility index (Phi) is 4.80. The Bertz CT molecular complexity index is 229. The summed E-state index contributed by atoms with van der Waals surface area (Å²) in [6.07, 6.45) is 4.13. The number of esters is 1. The lowest BCUT2D eigenvalue weighted by Gasteiger charge is -2.31. The molecule has 0 saturated carbocycles. The predicted molar refractivity (Wildman–Crippen MR) is 64.8 cm³/mol. The van der Waals surface area contributed by atoms with Crippen LogP contribution in [0, 0.1) is 5.92 Å². The van der Waals surface area contributed by atoms with Gasteiger partial charge in [-0.3, -0.25) is 9.69 Å². The maximum Gasteiger partial charge on any atom is 0.307 e. The van der Waals surface area contributed by atoms with Crippen LogP contribution in [0.25, 0.3) is 0 Å². The third-order valence-corrected chi connectivity index (χ3v) is 3.80. The molecule has 0 aromatic carbocycles. The Morgan fingerprint density at radius 1 is 1.47 bits per heavy atom. The molecule has 4 nitrogen and oxygen atoms in total. The van der Waals surface area contributed by atoms with Gasteiger partial charge in [0.25, 0.3) is 0 Å². The maximum absolute atomic E-state index is 11.7. The molecule has 98 valence electrons. The van der Waals surface area contributed by atoms with Crippen molar-refractivity contribution in [2.24, 2.45) is 5.92 Å². The molecule has 2 atom stereocenters. The number of nitrogens with zero attached hydrogens (tertiary/aromatic N) is 1. The molecule has 0 bridgehead atoms. The van der Waals surface area contributed by atoms with E-state index in [9.17, 15) is 4.79 Å². The molecule has 2 unspecified atom stereocenters. The van der Waals surface area contributed by atoms with Gasteiger partial charge >= 0.3 is 5.97 Å². The SMILES string of the molecule is CCOC(=O)CC(C1CCOC1)N1CCCC1. The highest BCUT2D eigenvalue weighted by molar-refractivity contribution is 5.70. The topological polar surface area (TPSA) is 38.8 Å². The average Bonchev–Trinajstić information content (AvgIpc) is 3.00. The van der Waals surface area contributed by atoms with Crippen LogP contribution in [0.1, 0.15) is 32.6 Å². The van der Waals surface area contributed by atoms with Crippen LogP contribution >= 0.6 is 0 Å². The summed E-state index contributed by atoms with van der Waals surface area (Å²) in [6, 6.07) is 0.332. The summed E-state index contributed by atoms with van der Waals surface area (Å²) in [7, 11) is 0. The molecular weight excluding hydrogens is 218 g/mol. The summed E-state index contributed by atoms with van der Waals surface area (Å²) < 4.78 is 10.5. The van der Waals surface area contributed by atoms with Gasteiger partial charge in [-0.05, 0) is 39.3 Å². The second-order valence-electron chi connectivity index (χ2n) is 4.94. The van der Waals surface area contributed by atoms with Crippen molar-refractivity contribution in [3.8, 4) is 0 Å². The first kappa shape index (κ1) is 12.8. The largest absolute Gasteiger partial charge is 0.466 e. The van der Waals surface area contributed by atoms with Gasteiger partial charge in [0.2, 0.25) is 0 Å². The fourth-order valence-electron chi connectivity index (χ4n) is 2.91. The highest BCUT2D eigenvalue weighted by Gasteiger charge is 2.33. The standard InChI is InChI=1S/C13H23NO3/c1-2-17-13(15)9-12(11-5-8-16-10-11)14-6-3-4-7-14/h11-12H,2-10H2,1H3. The second-order valence-corrected chi connectivity index (χ2v) is 4.94. The van der Waals surface area contributed by atoms with Gasteiger partial charge in [-0.1, -0.05) is 0 Å². The predicted octanol–water partition coefficient (Wildman–Crippen LogP) is 1.44. The summed E-state index contributed by atoms with van der Waals surface area (Å²) in [5, 5.41) is 0. The van der Waals surface area contributed by atoms with Crippen molar-refractivity contribution >= 4 is 5.97 Å². The van der Waals surface area contributed by atoms with E-state index in [1.807, 2.05) is 6.92 Å². The Labute approximate surface area is 103 Å². The van der Waals surface area contributed by atoms with Gasteiger partial charge in [-0.2, -0.15) is 0 Å². The van der Waals surface area contributed by atoms with Gasteiger partial charge in [0, 0.05) is 18.6 Å². The lowest BCUT2D eigenvalue weighted by atomic mass is 9.95. The zero-order valence-electron chi connectivity index (χ0n) is 10.7. The fourth-order valence-corrected chi connectivity index (χ4v) is 2.91. The lowest BCUT2D eigenvalue weighted by molar-refractivity contribution is -0.145. The molecule has 0 aromatic rings. The van der Waals surface area contributed by atoms with Gasteiger partial charge in [0.05, 0.1) is 19.6 Å². The van der Waals surface area contributed by atoms with Gasteiger partial charge in [0.15, 0.2) is 0 Å². The molecular formula is C13H23NO3. The molecule has 2 rings (SSSR count). The second kappa shape index (κ2) is 6.36. The van der Waals surface area contributed by atoms with Crippen molar-refractivity contribution in [2.75, 3.05) is 32.9 Å². The molecule has 2 heterocycles. The zero-order chi connectivity index (χ0) is 12.1. The molecule has 2 fully saturated rings. The van der Waals surface area contributed by atoms with Crippen molar-refractivity contribution in [2.45, 2.75) is 38.6 Å². The summed E-state index contributed by atoms with van der Waals surface area (Å²) in [4.78, 5) is 14.1. The molecule has 0 aliphatic carbocycles. The number of likely N-dealkylation sites (tertiary alicyclic amines) is 1. The first-order valence-corrected chi connectivity index (χ1v) is 6.78. The van der Waals surface area contributed by atoms with Crippen LogP contribution in [0.3, 0.4) is 0 Å². The van der Waals surface area contributed by atoms with E-state index < -0.39 is 0 Å². The Morgan fingerprint density at radius 2 is 2.24 bits per heavy atom. The molecule has 17 heavy (non-hydrogen) atoms. The van der Waals surface area contributed by atoms with E-state index in [1.165, 1.54) is 12.8 Å². The summed E-state index contributed by atoms with van der Waals surface area (Å²) in [5.41, 5.74) is 0. The van der Waals surface area contributed by atoms with E-state index in [-0.39, 0.29) is 5.97 Å². The lowest BCUT2D eigenvalue weighted by Crippen LogP contribution is -2.41. The van der Waals surface area contributed by atoms with E-state index in [1.54, 1.807) is 0 Å². The maximum atomic E-state index is 11.7. The van der Waals surface area contributed by atoms with Crippen LogP contribution in [0.5, 0.6) is 0 Å². The van der Waals surface area contributed by atoms with E-state index in [2.05, 4.69) is 4.90 Å². The molecule has 4 heteroatoms. The highest BCUT2D eigenvalue weighted by Crippen LogP contribution is 2.26. The van der Waals surface area contributed by atoms with Gasteiger partial charge in [-0.15, -0.1) is 0 Å². The van der Waals surface area contributed by atoms with E-state index in [0.717, 1.165) is 32.7 Å². The number of ether oxygens (including phenoxy) is 2. The minimum Gasteiger partial charge on any atom is -0.466 e. The van der Waals surface area contributed by atoms with E-state index in [4.69, 9.17) is 9.47 Å². The van der Waals surface area contributed by atoms with Crippen LogP contribution in [0.4, 0.5) is 0 Å². The summed E-state index contributed by atoms with van der Waals surface area (Å²) in [5.74, 6) is 0.453. The number of carbonyl (C=O) groups is 1. The number of rotatable bonds is 5. The Morgan fingerprint density at radius 3 is 2.82 bits per heavy atom. The Hall–Kier alpha value is -0.610. The first-order chi connectivity index (χ1) is 8.31. The fraction of sp³-hybridized carbons (Fsp3) is 0.923. The number of hydrogen-bond donors (Lipinski definition) is 0. The Balaban J connectivity index is 1.93. The van der Waals surface area contributed by atoms with Crippen LogP contribution in [0.2, 0.25) is 0 Å². The third-order valence-electron chi connectivity index (χ3n) is 3.80.